The summed E-state index contributed by atoms with van der Waals surface area (Å²) in [6.07, 6.45) is 2.29. The van der Waals surface area contributed by atoms with Crippen molar-refractivity contribution in [3.63, 3.8) is 0 Å². The van der Waals surface area contributed by atoms with E-state index in [2.05, 4.69) is 0 Å². The summed E-state index contributed by atoms with van der Waals surface area (Å²) in [5.74, 6) is -1.41. The Kier molecular flexibility index (Phi) is 5.11. The molecule has 3 rings (SSSR count). The lowest BCUT2D eigenvalue weighted by Crippen LogP contribution is -2.52. The minimum Gasteiger partial charge on any atom is -0.480 e. The number of hydrogen-bond acceptors (Lipinski definition) is 4. The lowest BCUT2D eigenvalue weighted by Gasteiger charge is -2.33. The van der Waals surface area contributed by atoms with Gasteiger partial charge in [0.05, 0.1) is 19.8 Å². The maximum absolute atomic E-state index is 13.9. The van der Waals surface area contributed by atoms with E-state index in [9.17, 15) is 19.1 Å². The van der Waals surface area contributed by atoms with Gasteiger partial charge in [-0.3, -0.25) is 4.79 Å². The van der Waals surface area contributed by atoms with E-state index in [0.717, 1.165) is 12.8 Å². The van der Waals surface area contributed by atoms with Crippen LogP contribution in [0.3, 0.4) is 0 Å². The van der Waals surface area contributed by atoms with E-state index < -0.39 is 23.7 Å². The molecule has 6 nitrogen and oxygen atoms in total. The van der Waals surface area contributed by atoms with Crippen LogP contribution in [0.15, 0.2) is 18.2 Å². The average molecular weight is 337 g/mol. The highest BCUT2D eigenvalue weighted by atomic mass is 19.1. The summed E-state index contributed by atoms with van der Waals surface area (Å²) in [7, 11) is 0. The minimum atomic E-state index is -1.11. The van der Waals surface area contributed by atoms with E-state index in [1.54, 1.807) is 0 Å². The standard InChI is InChI=1S/C17H20FNO5/c18-14-4-3-12(7-13(14)9-24-8-11-1-2-11)16(20)19-5-6-23-10-15(19)17(21)22/h3-4,7,11,15H,1-2,5-6,8-10H2,(H,21,22)/t15-/m1/s1. The molecule has 24 heavy (non-hydrogen) atoms. The molecule has 2 fully saturated rings. The zero-order valence-corrected chi connectivity index (χ0v) is 13.2. The van der Waals surface area contributed by atoms with Crippen LogP contribution in [0.5, 0.6) is 0 Å². The zero-order chi connectivity index (χ0) is 17.1. The molecule has 2 aliphatic rings. The minimum absolute atomic E-state index is 0.0420. The lowest BCUT2D eigenvalue weighted by atomic mass is 10.1. The third-order valence-electron chi connectivity index (χ3n) is 4.28. The highest BCUT2D eigenvalue weighted by molar-refractivity contribution is 5.97. The SMILES string of the molecule is O=C(O)[C@H]1COCCN1C(=O)c1ccc(F)c(COCC2CC2)c1. The Labute approximate surface area is 139 Å². The van der Waals surface area contributed by atoms with Crippen LogP contribution >= 0.6 is 0 Å². The van der Waals surface area contributed by atoms with E-state index in [0.29, 0.717) is 18.1 Å². The van der Waals surface area contributed by atoms with Crippen LogP contribution in [0.4, 0.5) is 4.39 Å². The normalized spacial score (nSPS) is 20.9. The molecule has 1 heterocycles. The second-order valence-electron chi connectivity index (χ2n) is 6.19. The Morgan fingerprint density at radius 1 is 1.38 bits per heavy atom. The van der Waals surface area contributed by atoms with E-state index in [1.165, 1.54) is 23.1 Å². The number of nitrogens with zero attached hydrogens (tertiary/aromatic N) is 1. The van der Waals surface area contributed by atoms with E-state index >= 15 is 0 Å². The van der Waals surface area contributed by atoms with Gasteiger partial charge >= 0.3 is 5.97 Å². The summed E-state index contributed by atoms with van der Waals surface area (Å²) in [4.78, 5) is 25.2. The van der Waals surface area contributed by atoms with Crippen molar-refractivity contribution >= 4 is 11.9 Å². The molecule has 1 amide bonds. The molecular formula is C17H20FNO5. The fraction of sp³-hybridized carbons (Fsp3) is 0.529. The smallest absolute Gasteiger partial charge is 0.328 e. The van der Waals surface area contributed by atoms with Crippen molar-refractivity contribution in [2.75, 3.05) is 26.4 Å². The summed E-state index contributed by atoms with van der Waals surface area (Å²) >= 11 is 0. The molecule has 130 valence electrons. The molecule has 0 unspecified atom stereocenters. The molecule has 0 bridgehead atoms. The average Bonchev–Trinajstić information content (AvgIpc) is 3.40. The molecule has 1 atom stereocenters. The fourth-order valence-electron chi connectivity index (χ4n) is 2.66. The van der Waals surface area contributed by atoms with E-state index in [-0.39, 0.29) is 31.9 Å². The number of carboxylic acid groups (broad SMARTS) is 1. The predicted molar refractivity (Wildman–Crippen MR) is 82.1 cm³/mol. The first-order valence-electron chi connectivity index (χ1n) is 8.04. The quantitative estimate of drug-likeness (QED) is 0.855. The molecule has 1 aliphatic heterocycles. The molecule has 7 heteroatoms. The highest BCUT2D eigenvalue weighted by Gasteiger charge is 2.33. The van der Waals surface area contributed by atoms with Crippen molar-refractivity contribution in [2.24, 2.45) is 5.92 Å². The van der Waals surface area contributed by atoms with Gasteiger partial charge in [-0.1, -0.05) is 0 Å². The number of carboxylic acids is 1. The molecule has 1 aromatic carbocycles. The maximum Gasteiger partial charge on any atom is 0.328 e. The lowest BCUT2D eigenvalue weighted by molar-refractivity contribution is -0.147. The largest absolute Gasteiger partial charge is 0.480 e. The van der Waals surface area contributed by atoms with Gasteiger partial charge < -0.3 is 19.5 Å². The number of rotatable bonds is 6. The van der Waals surface area contributed by atoms with Crippen LogP contribution in [0.1, 0.15) is 28.8 Å². The van der Waals surface area contributed by atoms with Gasteiger partial charge in [-0.05, 0) is 37.0 Å². The van der Waals surface area contributed by atoms with Gasteiger partial charge in [0, 0.05) is 24.3 Å². The van der Waals surface area contributed by atoms with Gasteiger partial charge in [-0.25, -0.2) is 9.18 Å². The molecular weight excluding hydrogens is 317 g/mol. The zero-order valence-electron chi connectivity index (χ0n) is 13.2. The number of carbonyl (C=O) groups is 2. The van der Waals surface area contributed by atoms with Crippen LogP contribution in [0, 0.1) is 11.7 Å². The summed E-state index contributed by atoms with van der Waals surface area (Å²) in [6.45, 7) is 1.14. The van der Waals surface area contributed by atoms with Crippen molar-refractivity contribution in [1.29, 1.82) is 0 Å². The number of morpholine rings is 1. The number of ether oxygens (including phenoxy) is 2. The van der Waals surface area contributed by atoms with Crippen LogP contribution < -0.4 is 0 Å². The molecule has 0 spiro atoms. The van der Waals surface area contributed by atoms with Crippen molar-refractivity contribution < 1.29 is 28.6 Å². The summed E-state index contributed by atoms with van der Waals surface area (Å²) in [5.41, 5.74) is 0.566. The first kappa shape index (κ1) is 16.9. The Bertz CT molecular complexity index is 631. The maximum atomic E-state index is 13.9. The molecule has 1 aliphatic carbocycles. The molecule has 0 aromatic heterocycles. The third kappa shape index (κ3) is 3.91. The molecule has 1 saturated heterocycles. The Morgan fingerprint density at radius 2 is 2.17 bits per heavy atom. The van der Waals surface area contributed by atoms with Crippen molar-refractivity contribution in [2.45, 2.75) is 25.5 Å². The molecule has 1 saturated carbocycles. The van der Waals surface area contributed by atoms with Crippen LogP contribution in [-0.4, -0.2) is 54.3 Å². The summed E-state index contributed by atoms with van der Waals surface area (Å²) < 4.78 is 24.5. The number of halogens is 1. The van der Waals surface area contributed by atoms with Crippen LogP contribution in [0.25, 0.3) is 0 Å². The number of hydrogen-bond donors (Lipinski definition) is 1. The Balaban J connectivity index is 1.72. The monoisotopic (exact) mass is 337 g/mol. The fourth-order valence-corrected chi connectivity index (χ4v) is 2.66. The number of aliphatic carboxylic acids is 1. The van der Waals surface area contributed by atoms with Crippen molar-refractivity contribution in [3.8, 4) is 0 Å². The van der Waals surface area contributed by atoms with Gasteiger partial charge in [-0.2, -0.15) is 0 Å². The van der Waals surface area contributed by atoms with Crippen molar-refractivity contribution in [3.05, 3.63) is 35.1 Å². The van der Waals surface area contributed by atoms with Gasteiger partial charge in [-0.15, -0.1) is 0 Å². The summed E-state index contributed by atoms with van der Waals surface area (Å²) in [6, 6.07) is 3.01. The van der Waals surface area contributed by atoms with Crippen LogP contribution in [0.2, 0.25) is 0 Å². The summed E-state index contributed by atoms with van der Waals surface area (Å²) in [5, 5.41) is 9.22. The van der Waals surface area contributed by atoms with Gasteiger partial charge in [0.2, 0.25) is 0 Å². The number of benzene rings is 1. The van der Waals surface area contributed by atoms with E-state index in [1.807, 2.05) is 0 Å². The molecule has 1 aromatic rings. The first-order valence-corrected chi connectivity index (χ1v) is 8.04. The molecule has 1 N–H and O–H groups in total. The number of carbonyl (C=O) groups excluding carboxylic acids is 1. The Morgan fingerprint density at radius 3 is 2.88 bits per heavy atom. The van der Waals surface area contributed by atoms with Gasteiger partial charge in [0.1, 0.15) is 5.82 Å². The topological polar surface area (TPSA) is 76.1 Å². The second-order valence-corrected chi connectivity index (χ2v) is 6.19. The van der Waals surface area contributed by atoms with E-state index in [4.69, 9.17) is 9.47 Å². The van der Waals surface area contributed by atoms with Gasteiger partial charge in [0.25, 0.3) is 5.91 Å². The Hall–Kier alpha value is -1.99. The van der Waals surface area contributed by atoms with Crippen molar-refractivity contribution in [1.82, 2.24) is 4.90 Å². The first-order chi connectivity index (χ1) is 11.6. The predicted octanol–water partition coefficient (Wildman–Crippen LogP) is 1.68. The number of amides is 1. The third-order valence-corrected chi connectivity index (χ3v) is 4.28. The van der Waals surface area contributed by atoms with Gasteiger partial charge in [0.15, 0.2) is 6.04 Å². The second kappa shape index (κ2) is 7.27. The highest BCUT2D eigenvalue weighted by Crippen LogP contribution is 2.29. The van der Waals surface area contributed by atoms with Crippen LogP contribution in [-0.2, 0) is 20.9 Å². The molecule has 0 radical (unpaired) electrons.